The van der Waals surface area contributed by atoms with Crippen molar-refractivity contribution in [2.75, 3.05) is 6.54 Å². The zero-order chi connectivity index (χ0) is 19.6. The molecule has 3 rings (SSSR count). The fourth-order valence-corrected chi connectivity index (χ4v) is 3.92. The minimum atomic E-state index is -3.76. The van der Waals surface area contributed by atoms with Crippen LogP contribution in [0.2, 0.25) is 0 Å². The summed E-state index contributed by atoms with van der Waals surface area (Å²) in [5.41, 5.74) is 2.43. The fraction of sp³-hybridized carbons (Fsp3) is 0.200. The van der Waals surface area contributed by atoms with Gasteiger partial charge in [0, 0.05) is 23.2 Å². The smallest absolute Gasteiger partial charge is 0.251 e. The van der Waals surface area contributed by atoms with E-state index < -0.39 is 10.0 Å². The van der Waals surface area contributed by atoms with Crippen LogP contribution in [0.5, 0.6) is 0 Å². The van der Waals surface area contributed by atoms with Gasteiger partial charge in [-0.15, -0.1) is 0 Å². The Balaban J connectivity index is 1.76. The van der Waals surface area contributed by atoms with Crippen molar-refractivity contribution in [3.8, 4) is 0 Å². The molecule has 0 radical (unpaired) electrons. The number of hydrogen-bond donors (Lipinski definition) is 2. The number of fused-ring (bicyclic) bond motifs is 1. The summed E-state index contributed by atoms with van der Waals surface area (Å²) in [6.45, 7) is 3.42. The number of aryl methyl sites for hydroxylation is 1. The van der Waals surface area contributed by atoms with Gasteiger partial charge in [0.2, 0.25) is 10.0 Å². The van der Waals surface area contributed by atoms with Gasteiger partial charge in [-0.3, -0.25) is 9.59 Å². The number of H-pyrrole nitrogens is 1. The Morgan fingerprint density at radius 3 is 2.63 bits per heavy atom. The number of aromatic amines is 1. The number of hydrogen-bond acceptors (Lipinski definition) is 4. The Hall–Kier alpha value is -2.77. The van der Waals surface area contributed by atoms with Gasteiger partial charge in [-0.2, -0.15) is 0 Å². The van der Waals surface area contributed by atoms with Gasteiger partial charge in [0.25, 0.3) is 5.56 Å². The van der Waals surface area contributed by atoms with Crippen LogP contribution in [0.15, 0.2) is 58.2 Å². The van der Waals surface area contributed by atoms with Gasteiger partial charge >= 0.3 is 0 Å². The second kappa shape index (κ2) is 7.46. The minimum absolute atomic E-state index is 0.0262. The lowest BCUT2D eigenvalue weighted by Gasteiger charge is -2.08. The van der Waals surface area contributed by atoms with Crippen LogP contribution in [-0.2, 0) is 16.4 Å². The third-order valence-corrected chi connectivity index (χ3v) is 5.77. The third kappa shape index (κ3) is 4.32. The first-order valence-electron chi connectivity index (χ1n) is 8.49. The molecule has 0 aliphatic carbocycles. The summed E-state index contributed by atoms with van der Waals surface area (Å²) in [7, 11) is -3.76. The summed E-state index contributed by atoms with van der Waals surface area (Å²) < 4.78 is 27.3. The first-order chi connectivity index (χ1) is 12.8. The van der Waals surface area contributed by atoms with Crippen molar-refractivity contribution in [1.82, 2.24) is 9.71 Å². The number of nitrogens with one attached hydrogen (secondary N) is 2. The molecule has 3 aromatic rings. The molecule has 140 valence electrons. The molecule has 0 unspecified atom stereocenters. The maximum absolute atomic E-state index is 12.4. The molecule has 0 bridgehead atoms. The molecular formula is C20H20N2O4S. The molecule has 0 atom stereocenters. The highest BCUT2D eigenvalue weighted by Gasteiger charge is 2.15. The third-order valence-electron chi connectivity index (χ3n) is 4.31. The number of rotatable bonds is 6. The van der Waals surface area contributed by atoms with Gasteiger partial charge in [-0.05, 0) is 56.0 Å². The van der Waals surface area contributed by atoms with Crippen molar-refractivity contribution in [3.63, 3.8) is 0 Å². The SMILES string of the molecule is CC(=O)c1cccc(S(=O)(=O)NCCc2cc3cc(C)ccc3[nH]c2=O)c1. The van der Waals surface area contributed by atoms with Crippen LogP contribution in [0.4, 0.5) is 0 Å². The molecule has 7 heteroatoms. The largest absolute Gasteiger partial charge is 0.322 e. The van der Waals surface area contributed by atoms with Crippen molar-refractivity contribution >= 4 is 26.7 Å². The van der Waals surface area contributed by atoms with E-state index in [4.69, 9.17) is 0 Å². The predicted octanol–water partition coefficient (Wildman–Crippen LogP) is 2.56. The molecule has 1 aromatic heterocycles. The summed E-state index contributed by atoms with van der Waals surface area (Å²) >= 11 is 0. The van der Waals surface area contributed by atoms with Crippen LogP contribution in [0.3, 0.4) is 0 Å². The Morgan fingerprint density at radius 2 is 1.89 bits per heavy atom. The van der Waals surface area contributed by atoms with E-state index in [2.05, 4.69) is 9.71 Å². The van der Waals surface area contributed by atoms with Gasteiger partial charge < -0.3 is 4.98 Å². The van der Waals surface area contributed by atoms with Crippen molar-refractivity contribution < 1.29 is 13.2 Å². The Bertz CT molecular complexity index is 1180. The highest BCUT2D eigenvalue weighted by Crippen LogP contribution is 2.14. The predicted molar refractivity (Wildman–Crippen MR) is 105 cm³/mol. The van der Waals surface area contributed by atoms with Gasteiger partial charge in [0.15, 0.2) is 5.78 Å². The molecule has 0 aliphatic heterocycles. The molecule has 0 fully saturated rings. The van der Waals surface area contributed by atoms with Gasteiger partial charge in [-0.1, -0.05) is 23.8 Å². The summed E-state index contributed by atoms with van der Waals surface area (Å²) in [6, 6.07) is 13.4. The monoisotopic (exact) mass is 384 g/mol. The second-order valence-corrected chi connectivity index (χ2v) is 8.21. The van der Waals surface area contributed by atoms with Crippen molar-refractivity contribution in [2.24, 2.45) is 0 Å². The number of benzene rings is 2. The molecule has 27 heavy (non-hydrogen) atoms. The molecule has 0 saturated heterocycles. The topological polar surface area (TPSA) is 96.1 Å². The minimum Gasteiger partial charge on any atom is -0.322 e. The first kappa shape index (κ1) is 19.0. The molecule has 0 aliphatic rings. The highest BCUT2D eigenvalue weighted by molar-refractivity contribution is 7.89. The summed E-state index contributed by atoms with van der Waals surface area (Å²) in [5.74, 6) is -0.204. The quantitative estimate of drug-likeness (QED) is 0.639. The molecule has 0 amide bonds. The van der Waals surface area contributed by atoms with E-state index in [0.717, 1.165) is 16.5 Å². The number of pyridine rings is 1. The van der Waals surface area contributed by atoms with E-state index in [9.17, 15) is 18.0 Å². The number of carbonyl (C=O) groups is 1. The molecule has 6 nitrogen and oxygen atoms in total. The summed E-state index contributed by atoms with van der Waals surface area (Å²) in [6.07, 6.45) is 0.255. The fourth-order valence-electron chi connectivity index (χ4n) is 2.84. The van der Waals surface area contributed by atoms with Gasteiger partial charge in [0.1, 0.15) is 0 Å². The van der Waals surface area contributed by atoms with Crippen molar-refractivity contribution in [1.29, 1.82) is 0 Å². The Morgan fingerprint density at radius 1 is 1.11 bits per heavy atom. The van der Waals surface area contributed by atoms with Crippen LogP contribution >= 0.6 is 0 Å². The van der Waals surface area contributed by atoms with Crippen molar-refractivity contribution in [2.45, 2.75) is 25.2 Å². The number of aromatic nitrogens is 1. The summed E-state index contributed by atoms with van der Waals surface area (Å²) in [4.78, 5) is 26.5. The number of Topliss-reactive ketones (excluding diaryl/α,β-unsaturated/α-hetero) is 1. The lowest BCUT2D eigenvalue weighted by molar-refractivity contribution is 0.101. The van der Waals surface area contributed by atoms with E-state index in [1.807, 2.05) is 25.1 Å². The van der Waals surface area contributed by atoms with Crippen LogP contribution in [-0.4, -0.2) is 25.7 Å². The maximum atomic E-state index is 12.4. The molecular weight excluding hydrogens is 364 g/mol. The van der Waals surface area contributed by atoms with E-state index in [0.29, 0.717) is 11.1 Å². The molecule has 2 N–H and O–H groups in total. The van der Waals surface area contributed by atoms with E-state index in [-0.39, 0.29) is 29.2 Å². The Labute approximate surface area is 157 Å². The molecule has 0 spiro atoms. The zero-order valence-corrected chi connectivity index (χ0v) is 15.9. The second-order valence-electron chi connectivity index (χ2n) is 6.45. The molecule has 1 heterocycles. The highest BCUT2D eigenvalue weighted by atomic mass is 32.2. The lowest BCUT2D eigenvalue weighted by Crippen LogP contribution is -2.27. The van der Waals surface area contributed by atoms with E-state index >= 15 is 0 Å². The first-order valence-corrected chi connectivity index (χ1v) is 9.98. The number of sulfonamides is 1. The Kier molecular flexibility index (Phi) is 5.25. The van der Waals surface area contributed by atoms with Crippen molar-refractivity contribution in [3.05, 3.63) is 75.6 Å². The number of ketones is 1. The van der Waals surface area contributed by atoms with Crippen LogP contribution < -0.4 is 10.3 Å². The van der Waals surface area contributed by atoms with Gasteiger partial charge in [0.05, 0.1) is 4.90 Å². The lowest BCUT2D eigenvalue weighted by atomic mass is 10.1. The van der Waals surface area contributed by atoms with Crippen LogP contribution in [0.1, 0.15) is 28.4 Å². The van der Waals surface area contributed by atoms with E-state index in [1.165, 1.54) is 25.1 Å². The zero-order valence-electron chi connectivity index (χ0n) is 15.1. The summed E-state index contributed by atoms with van der Waals surface area (Å²) in [5, 5.41) is 0.904. The average Bonchev–Trinajstić information content (AvgIpc) is 2.62. The normalized spacial score (nSPS) is 11.6. The van der Waals surface area contributed by atoms with Crippen LogP contribution in [0, 0.1) is 6.92 Å². The maximum Gasteiger partial charge on any atom is 0.251 e. The molecule has 0 saturated carbocycles. The van der Waals surface area contributed by atoms with Gasteiger partial charge in [-0.25, -0.2) is 13.1 Å². The molecule has 2 aromatic carbocycles. The van der Waals surface area contributed by atoms with E-state index in [1.54, 1.807) is 12.1 Å². The number of carbonyl (C=O) groups excluding carboxylic acids is 1. The average molecular weight is 384 g/mol. The standard InChI is InChI=1S/C20H20N2O4S/c1-13-6-7-19-17(10-13)11-16(20(24)22-19)8-9-21-27(25,26)18-5-3-4-15(12-18)14(2)23/h3-7,10-12,21H,8-9H2,1-2H3,(H,22,24). The van der Waals surface area contributed by atoms with Crippen LogP contribution in [0.25, 0.3) is 10.9 Å².